The van der Waals surface area contributed by atoms with E-state index in [1.54, 1.807) is 0 Å². The van der Waals surface area contributed by atoms with Crippen LogP contribution in [0.1, 0.15) is 46.0 Å². The lowest BCUT2D eigenvalue weighted by molar-refractivity contribution is 0.211. The number of unbranched alkanes of at least 4 members (excludes halogenated alkanes) is 2. The predicted molar refractivity (Wildman–Crippen MR) is 80.2 cm³/mol. The lowest BCUT2D eigenvalue weighted by Crippen LogP contribution is -2.41. The van der Waals surface area contributed by atoms with Crippen LogP contribution in [0.5, 0.6) is 0 Å². The number of likely N-dealkylation sites (N-methyl/N-ethyl adjacent to an activating group) is 1. The van der Waals surface area contributed by atoms with Gasteiger partial charge in [-0.05, 0) is 52.9 Å². The Morgan fingerprint density at radius 1 is 1.22 bits per heavy atom. The maximum atomic E-state index is 3.57. The summed E-state index contributed by atoms with van der Waals surface area (Å²) in [5, 5.41) is 3.57. The van der Waals surface area contributed by atoms with Crippen LogP contribution in [0.15, 0.2) is 0 Å². The van der Waals surface area contributed by atoms with Crippen LogP contribution >= 0.6 is 0 Å². The molecular formula is C15H33N3. The van der Waals surface area contributed by atoms with E-state index in [0.717, 1.165) is 6.54 Å². The van der Waals surface area contributed by atoms with Crippen molar-refractivity contribution in [1.82, 2.24) is 15.1 Å². The predicted octanol–water partition coefficient (Wildman–Crippen LogP) is 2.18. The SMILES string of the molecule is CCCCCNCC(C)N(C)CCN1CCCC1. The van der Waals surface area contributed by atoms with Crippen LogP contribution in [0.25, 0.3) is 0 Å². The quantitative estimate of drug-likeness (QED) is 0.604. The summed E-state index contributed by atoms with van der Waals surface area (Å²) in [4.78, 5) is 5.09. The van der Waals surface area contributed by atoms with Crippen molar-refractivity contribution in [2.45, 2.75) is 52.0 Å². The fraction of sp³-hybridized carbons (Fsp3) is 1.00. The fourth-order valence-corrected chi connectivity index (χ4v) is 2.49. The van der Waals surface area contributed by atoms with Crippen molar-refractivity contribution >= 4 is 0 Å². The van der Waals surface area contributed by atoms with Crippen molar-refractivity contribution in [3.05, 3.63) is 0 Å². The molecule has 1 rings (SSSR count). The summed E-state index contributed by atoms with van der Waals surface area (Å²) in [6.07, 6.45) is 6.79. The van der Waals surface area contributed by atoms with Crippen LogP contribution in [0.4, 0.5) is 0 Å². The summed E-state index contributed by atoms with van der Waals surface area (Å²) in [5.41, 5.74) is 0. The summed E-state index contributed by atoms with van der Waals surface area (Å²) in [6, 6.07) is 0.647. The van der Waals surface area contributed by atoms with Gasteiger partial charge in [0.1, 0.15) is 0 Å². The molecule has 0 aromatic rings. The van der Waals surface area contributed by atoms with Gasteiger partial charge in [0, 0.05) is 25.7 Å². The van der Waals surface area contributed by atoms with Crippen LogP contribution < -0.4 is 5.32 Å². The second-order valence-electron chi connectivity index (χ2n) is 5.79. The van der Waals surface area contributed by atoms with Crippen LogP contribution in [-0.2, 0) is 0 Å². The average Bonchev–Trinajstić information content (AvgIpc) is 2.88. The largest absolute Gasteiger partial charge is 0.315 e. The van der Waals surface area contributed by atoms with Gasteiger partial charge < -0.3 is 15.1 Å². The zero-order chi connectivity index (χ0) is 13.2. The van der Waals surface area contributed by atoms with Crippen molar-refractivity contribution < 1.29 is 0 Å². The summed E-state index contributed by atoms with van der Waals surface area (Å²) < 4.78 is 0. The molecule has 0 radical (unpaired) electrons. The van der Waals surface area contributed by atoms with E-state index < -0.39 is 0 Å². The van der Waals surface area contributed by atoms with Gasteiger partial charge in [-0.1, -0.05) is 19.8 Å². The standard InChI is InChI=1S/C15H33N3/c1-4-5-6-9-16-14-15(2)17(3)12-13-18-10-7-8-11-18/h15-16H,4-14H2,1-3H3. The smallest absolute Gasteiger partial charge is 0.0189 e. The Morgan fingerprint density at radius 2 is 1.94 bits per heavy atom. The number of nitrogens with one attached hydrogen (secondary N) is 1. The Morgan fingerprint density at radius 3 is 2.61 bits per heavy atom. The molecule has 1 N–H and O–H groups in total. The van der Waals surface area contributed by atoms with Crippen molar-refractivity contribution in [3.63, 3.8) is 0 Å². The number of hydrogen-bond donors (Lipinski definition) is 1. The molecule has 0 amide bonds. The highest BCUT2D eigenvalue weighted by Crippen LogP contribution is 2.07. The summed E-state index contributed by atoms with van der Waals surface area (Å²) in [5.74, 6) is 0. The molecule has 0 saturated carbocycles. The third kappa shape index (κ3) is 6.72. The highest BCUT2D eigenvalue weighted by Gasteiger charge is 2.13. The topological polar surface area (TPSA) is 18.5 Å². The first-order chi connectivity index (χ1) is 8.74. The van der Waals surface area contributed by atoms with Gasteiger partial charge >= 0.3 is 0 Å². The molecule has 1 heterocycles. The van der Waals surface area contributed by atoms with Crippen LogP contribution in [0, 0.1) is 0 Å². The molecule has 3 nitrogen and oxygen atoms in total. The summed E-state index contributed by atoms with van der Waals surface area (Å²) in [6.45, 7) is 12.0. The molecule has 3 heteroatoms. The number of hydrogen-bond acceptors (Lipinski definition) is 3. The Kier molecular flexibility index (Phi) is 8.64. The minimum absolute atomic E-state index is 0.647. The van der Waals surface area contributed by atoms with Gasteiger partial charge in [0.05, 0.1) is 0 Å². The van der Waals surface area contributed by atoms with Gasteiger partial charge in [0.15, 0.2) is 0 Å². The molecule has 0 aliphatic carbocycles. The molecule has 1 unspecified atom stereocenters. The molecule has 0 spiro atoms. The van der Waals surface area contributed by atoms with E-state index >= 15 is 0 Å². The highest BCUT2D eigenvalue weighted by atomic mass is 15.2. The number of rotatable bonds is 10. The first kappa shape index (κ1) is 15.9. The lowest BCUT2D eigenvalue weighted by atomic mass is 10.2. The van der Waals surface area contributed by atoms with Gasteiger partial charge in [-0.15, -0.1) is 0 Å². The Labute approximate surface area is 114 Å². The van der Waals surface area contributed by atoms with Gasteiger partial charge in [-0.3, -0.25) is 0 Å². The van der Waals surface area contributed by atoms with Crippen LogP contribution in [0.2, 0.25) is 0 Å². The number of likely N-dealkylation sites (tertiary alicyclic amines) is 1. The van der Waals surface area contributed by atoms with Crippen molar-refractivity contribution in [2.75, 3.05) is 46.3 Å². The molecule has 1 atom stereocenters. The van der Waals surface area contributed by atoms with Crippen molar-refractivity contribution in [1.29, 1.82) is 0 Å². The minimum Gasteiger partial charge on any atom is -0.315 e. The zero-order valence-electron chi connectivity index (χ0n) is 12.7. The van der Waals surface area contributed by atoms with Gasteiger partial charge in [-0.25, -0.2) is 0 Å². The summed E-state index contributed by atoms with van der Waals surface area (Å²) >= 11 is 0. The Balaban J connectivity index is 1.99. The Hall–Kier alpha value is -0.120. The molecule has 0 bridgehead atoms. The van der Waals surface area contributed by atoms with E-state index in [2.05, 4.69) is 36.0 Å². The van der Waals surface area contributed by atoms with Crippen LogP contribution in [0.3, 0.4) is 0 Å². The van der Waals surface area contributed by atoms with Crippen molar-refractivity contribution in [2.24, 2.45) is 0 Å². The van der Waals surface area contributed by atoms with E-state index in [9.17, 15) is 0 Å². The summed E-state index contributed by atoms with van der Waals surface area (Å²) in [7, 11) is 2.26. The van der Waals surface area contributed by atoms with E-state index in [0.29, 0.717) is 6.04 Å². The third-order valence-corrected chi connectivity index (χ3v) is 4.12. The lowest BCUT2D eigenvalue weighted by Gasteiger charge is -2.27. The van der Waals surface area contributed by atoms with Gasteiger partial charge in [0.25, 0.3) is 0 Å². The molecule has 1 fully saturated rings. The maximum Gasteiger partial charge on any atom is 0.0189 e. The number of nitrogens with zero attached hydrogens (tertiary/aromatic N) is 2. The molecular weight excluding hydrogens is 222 g/mol. The van der Waals surface area contributed by atoms with Crippen molar-refractivity contribution in [3.8, 4) is 0 Å². The monoisotopic (exact) mass is 255 g/mol. The normalized spacial score (nSPS) is 18.7. The van der Waals surface area contributed by atoms with Crippen LogP contribution in [-0.4, -0.2) is 62.2 Å². The van der Waals surface area contributed by atoms with Gasteiger partial charge in [-0.2, -0.15) is 0 Å². The fourth-order valence-electron chi connectivity index (χ4n) is 2.49. The molecule has 18 heavy (non-hydrogen) atoms. The minimum atomic E-state index is 0.647. The average molecular weight is 255 g/mol. The second-order valence-corrected chi connectivity index (χ2v) is 5.79. The van der Waals surface area contributed by atoms with E-state index in [1.807, 2.05) is 0 Å². The third-order valence-electron chi connectivity index (χ3n) is 4.12. The zero-order valence-corrected chi connectivity index (χ0v) is 12.7. The molecule has 1 saturated heterocycles. The highest BCUT2D eigenvalue weighted by molar-refractivity contribution is 4.71. The maximum absolute atomic E-state index is 3.57. The van der Waals surface area contributed by atoms with Gasteiger partial charge in [0.2, 0.25) is 0 Å². The molecule has 108 valence electrons. The first-order valence-corrected chi connectivity index (χ1v) is 7.87. The van der Waals surface area contributed by atoms with E-state index in [-0.39, 0.29) is 0 Å². The molecule has 1 aliphatic rings. The molecule has 0 aromatic heterocycles. The second kappa shape index (κ2) is 9.76. The molecule has 0 aromatic carbocycles. The Bertz CT molecular complexity index is 190. The molecule has 1 aliphatic heterocycles. The van der Waals surface area contributed by atoms with E-state index in [4.69, 9.17) is 0 Å². The van der Waals surface area contributed by atoms with E-state index in [1.165, 1.54) is 64.8 Å². The first-order valence-electron chi connectivity index (χ1n) is 7.87.